The van der Waals surface area contributed by atoms with E-state index in [1.165, 1.54) is 4.31 Å². The van der Waals surface area contributed by atoms with Gasteiger partial charge in [0.15, 0.2) is 0 Å². The van der Waals surface area contributed by atoms with E-state index in [1.807, 2.05) is 0 Å². The predicted molar refractivity (Wildman–Crippen MR) is 80.5 cm³/mol. The summed E-state index contributed by atoms with van der Waals surface area (Å²) < 4.78 is 26.9. The third-order valence-corrected chi connectivity index (χ3v) is 6.88. The van der Waals surface area contributed by atoms with Crippen LogP contribution in [0.25, 0.3) is 0 Å². The Morgan fingerprint density at radius 2 is 1.81 bits per heavy atom. The summed E-state index contributed by atoms with van der Waals surface area (Å²) in [5.74, 6) is -1.14. The van der Waals surface area contributed by atoms with Crippen molar-refractivity contribution in [3.05, 3.63) is 0 Å². The summed E-state index contributed by atoms with van der Waals surface area (Å²) in [6.07, 6.45) is 1.65. The SMILES string of the molecule is CC(C)CN1CCN(S(=O)(=O)C2CCCC2C(=O)O)CC1. The summed E-state index contributed by atoms with van der Waals surface area (Å²) in [5.41, 5.74) is 0. The summed E-state index contributed by atoms with van der Waals surface area (Å²) in [6.45, 7) is 7.73. The minimum absolute atomic E-state index is 0.478. The van der Waals surface area contributed by atoms with Crippen molar-refractivity contribution >= 4 is 16.0 Å². The Morgan fingerprint density at radius 1 is 1.19 bits per heavy atom. The van der Waals surface area contributed by atoms with Gasteiger partial charge in [-0.25, -0.2) is 8.42 Å². The van der Waals surface area contributed by atoms with Crippen LogP contribution in [0.5, 0.6) is 0 Å². The van der Waals surface area contributed by atoms with Crippen molar-refractivity contribution < 1.29 is 18.3 Å². The number of hydrogen-bond acceptors (Lipinski definition) is 4. The van der Waals surface area contributed by atoms with E-state index in [0.29, 0.717) is 38.3 Å². The third kappa shape index (κ3) is 3.76. The smallest absolute Gasteiger partial charge is 0.307 e. The molecule has 122 valence electrons. The molecule has 0 aromatic carbocycles. The van der Waals surface area contributed by atoms with Crippen molar-refractivity contribution in [2.75, 3.05) is 32.7 Å². The topological polar surface area (TPSA) is 77.9 Å². The summed E-state index contributed by atoms with van der Waals surface area (Å²) >= 11 is 0. The molecule has 1 heterocycles. The van der Waals surface area contributed by atoms with Gasteiger partial charge in [-0.05, 0) is 18.8 Å². The Morgan fingerprint density at radius 3 is 2.33 bits per heavy atom. The first-order valence-electron chi connectivity index (χ1n) is 7.76. The first-order chi connectivity index (χ1) is 9.82. The van der Waals surface area contributed by atoms with Crippen molar-refractivity contribution in [3.8, 4) is 0 Å². The van der Waals surface area contributed by atoms with Gasteiger partial charge in [0, 0.05) is 32.7 Å². The molecule has 2 unspecified atom stereocenters. The zero-order chi connectivity index (χ0) is 15.6. The number of aliphatic carboxylic acids is 1. The molecule has 0 spiro atoms. The van der Waals surface area contributed by atoms with Crippen LogP contribution in [-0.2, 0) is 14.8 Å². The molecular formula is C14H26N2O4S. The second kappa shape index (κ2) is 6.62. The van der Waals surface area contributed by atoms with Crippen molar-refractivity contribution in [2.24, 2.45) is 11.8 Å². The maximum absolute atomic E-state index is 12.7. The van der Waals surface area contributed by atoms with Gasteiger partial charge in [0.1, 0.15) is 0 Å². The summed E-state index contributed by atoms with van der Waals surface area (Å²) in [4.78, 5) is 13.5. The van der Waals surface area contributed by atoms with Crippen LogP contribution in [0.4, 0.5) is 0 Å². The molecule has 0 aromatic rings. The molecule has 2 atom stereocenters. The van der Waals surface area contributed by atoms with Gasteiger partial charge >= 0.3 is 5.97 Å². The van der Waals surface area contributed by atoms with E-state index in [1.54, 1.807) is 0 Å². The molecule has 0 radical (unpaired) electrons. The van der Waals surface area contributed by atoms with Gasteiger partial charge < -0.3 is 10.0 Å². The van der Waals surface area contributed by atoms with Crippen molar-refractivity contribution in [3.63, 3.8) is 0 Å². The lowest BCUT2D eigenvalue weighted by Gasteiger charge is -2.36. The standard InChI is InChI=1S/C14H26N2O4S/c1-11(2)10-15-6-8-16(9-7-15)21(19,20)13-5-3-4-12(13)14(17)18/h11-13H,3-10H2,1-2H3,(H,17,18). The van der Waals surface area contributed by atoms with Crippen LogP contribution in [0.2, 0.25) is 0 Å². The maximum Gasteiger partial charge on any atom is 0.307 e. The Balaban J connectivity index is 2.00. The van der Waals surface area contributed by atoms with E-state index in [-0.39, 0.29) is 0 Å². The van der Waals surface area contributed by atoms with E-state index < -0.39 is 27.2 Å². The van der Waals surface area contributed by atoms with Crippen molar-refractivity contribution in [1.82, 2.24) is 9.21 Å². The Bertz CT molecular complexity index is 469. The molecule has 1 saturated heterocycles. The van der Waals surface area contributed by atoms with Gasteiger partial charge in [-0.2, -0.15) is 4.31 Å². The maximum atomic E-state index is 12.7. The van der Waals surface area contributed by atoms with E-state index in [9.17, 15) is 18.3 Å². The first kappa shape index (κ1) is 16.7. The van der Waals surface area contributed by atoms with E-state index in [4.69, 9.17) is 0 Å². The largest absolute Gasteiger partial charge is 0.481 e. The van der Waals surface area contributed by atoms with Crippen LogP contribution in [0.15, 0.2) is 0 Å². The lowest BCUT2D eigenvalue weighted by atomic mass is 10.1. The van der Waals surface area contributed by atoms with Gasteiger partial charge in [0.05, 0.1) is 11.2 Å². The molecule has 2 aliphatic rings. The zero-order valence-electron chi connectivity index (χ0n) is 12.9. The fourth-order valence-electron chi connectivity index (χ4n) is 3.44. The van der Waals surface area contributed by atoms with Crippen molar-refractivity contribution in [1.29, 1.82) is 0 Å². The normalized spacial score (nSPS) is 29.1. The number of rotatable bonds is 5. The lowest BCUT2D eigenvalue weighted by Crippen LogP contribution is -2.52. The fourth-order valence-corrected chi connectivity index (χ4v) is 5.63. The summed E-state index contributed by atoms with van der Waals surface area (Å²) in [6, 6.07) is 0. The van der Waals surface area contributed by atoms with Crippen LogP contribution in [0, 0.1) is 11.8 Å². The van der Waals surface area contributed by atoms with Crippen LogP contribution < -0.4 is 0 Å². The number of carboxylic acids is 1. The molecule has 1 N–H and O–H groups in total. The number of nitrogens with zero attached hydrogens (tertiary/aromatic N) is 2. The predicted octanol–water partition coefficient (Wildman–Crippen LogP) is 0.843. The minimum Gasteiger partial charge on any atom is -0.481 e. The lowest BCUT2D eigenvalue weighted by molar-refractivity contribution is -0.141. The number of sulfonamides is 1. The quantitative estimate of drug-likeness (QED) is 0.813. The average molecular weight is 318 g/mol. The van der Waals surface area contributed by atoms with Gasteiger partial charge in [-0.3, -0.25) is 4.79 Å². The van der Waals surface area contributed by atoms with E-state index >= 15 is 0 Å². The molecule has 1 saturated carbocycles. The van der Waals surface area contributed by atoms with Gasteiger partial charge in [0.2, 0.25) is 10.0 Å². The van der Waals surface area contributed by atoms with Crippen LogP contribution in [0.3, 0.4) is 0 Å². The Labute approximate surface area is 127 Å². The molecule has 6 nitrogen and oxygen atoms in total. The average Bonchev–Trinajstić information content (AvgIpc) is 2.88. The second-order valence-electron chi connectivity index (χ2n) is 6.55. The highest BCUT2D eigenvalue weighted by molar-refractivity contribution is 7.89. The summed E-state index contributed by atoms with van der Waals surface area (Å²) in [7, 11) is -3.48. The van der Waals surface area contributed by atoms with Gasteiger partial charge in [-0.15, -0.1) is 0 Å². The van der Waals surface area contributed by atoms with Crippen molar-refractivity contribution in [2.45, 2.75) is 38.4 Å². The van der Waals surface area contributed by atoms with Crippen LogP contribution in [-0.4, -0.2) is 66.7 Å². The molecule has 2 fully saturated rings. The number of hydrogen-bond donors (Lipinski definition) is 1. The van der Waals surface area contributed by atoms with E-state index in [0.717, 1.165) is 19.6 Å². The molecule has 1 aliphatic carbocycles. The minimum atomic E-state index is -3.48. The molecule has 0 bridgehead atoms. The Kier molecular flexibility index (Phi) is 5.27. The molecule has 0 amide bonds. The highest BCUT2D eigenvalue weighted by Crippen LogP contribution is 2.33. The number of carboxylic acid groups (broad SMARTS) is 1. The first-order valence-corrected chi connectivity index (χ1v) is 9.27. The molecule has 21 heavy (non-hydrogen) atoms. The summed E-state index contributed by atoms with van der Waals surface area (Å²) in [5, 5.41) is 8.47. The monoisotopic (exact) mass is 318 g/mol. The fraction of sp³-hybridized carbons (Fsp3) is 0.929. The van der Waals surface area contributed by atoms with Crippen LogP contribution in [0.1, 0.15) is 33.1 Å². The van der Waals surface area contributed by atoms with E-state index in [2.05, 4.69) is 18.7 Å². The zero-order valence-corrected chi connectivity index (χ0v) is 13.7. The highest BCUT2D eigenvalue weighted by Gasteiger charge is 2.44. The number of carbonyl (C=O) groups is 1. The molecule has 1 aliphatic heterocycles. The molecular weight excluding hydrogens is 292 g/mol. The second-order valence-corrected chi connectivity index (χ2v) is 8.70. The van der Waals surface area contributed by atoms with Gasteiger partial charge in [0.25, 0.3) is 0 Å². The van der Waals surface area contributed by atoms with Crippen LogP contribution >= 0.6 is 0 Å². The molecule has 0 aromatic heterocycles. The molecule has 7 heteroatoms. The molecule has 2 rings (SSSR count). The highest BCUT2D eigenvalue weighted by atomic mass is 32.2. The van der Waals surface area contributed by atoms with Gasteiger partial charge in [-0.1, -0.05) is 20.3 Å². The third-order valence-electron chi connectivity index (χ3n) is 4.47. The number of piperazine rings is 1. The Hall–Kier alpha value is -0.660.